The quantitative estimate of drug-likeness (QED) is 0.800. The van der Waals surface area contributed by atoms with E-state index in [4.69, 9.17) is 10.2 Å². The fourth-order valence-corrected chi connectivity index (χ4v) is 1.55. The average Bonchev–Trinajstić information content (AvgIpc) is 2.29. The van der Waals surface area contributed by atoms with Crippen molar-refractivity contribution in [2.45, 2.75) is 13.8 Å². The summed E-state index contributed by atoms with van der Waals surface area (Å²) in [6, 6.07) is 3.53. The zero-order valence-corrected chi connectivity index (χ0v) is 10.2. The van der Waals surface area contributed by atoms with Crippen LogP contribution in [0.25, 0.3) is 12.2 Å². The van der Waals surface area contributed by atoms with Crippen molar-refractivity contribution in [1.29, 1.82) is 0 Å². The predicted octanol–water partition coefficient (Wildman–Crippen LogP) is 2.50. The Kier molecular flexibility index (Phi) is 4.43. The Morgan fingerprint density at radius 1 is 0.889 bits per heavy atom. The van der Waals surface area contributed by atoms with E-state index in [2.05, 4.69) is 0 Å². The molecule has 0 heterocycles. The van der Waals surface area contributed by atoms with Crippen LogP contribution in [0, 0.1) is 13.8 Å². The van der Waals surface area contributed by atoms with Crippen LogP contribution in [-0.4, -0.2) is 22.2 Å². The van der Waals surface area contributed by atoms with Crippen LogP contribution in [0.1, 0.15) is 22.3 Å². The lowest BCUT2D eigenvalue weighted by atomic mass is 9.97. The largest absolute Gasteiger partial charge is 0.478 e. The van der Waals surface area contributed by atoms with E-state index >= 15 is 0 Å². The number of carboxylic acid groups (broad SMARTS) is 2. The van der Waals surface area contributed by atoms with Gasteiger partial charge in [-0.1, -0.05) is 12.1 Å². The smallest absolute Gasteiger partial charge is 0.328 e. The minimum atomic E-state index is -0.998. The van der Waals surface area contributed by atoms with Crippen LogP contribution in [0.15, 0.2) is 24.3 Å². The first-order valence-corrected chi connectivity index (χ1v) is 5.34. The molecular weight excluding hydrogens is 232 g/mol. The lowest BCUT2D eigenvalue weighted by molar-refractivity contribution is -0.132. The van der Waals surface area contributed by atoms with Crippen LogP contribution >= 0.6 is 0 Å². The molecule has 4 nitrogen and oxygen atoms in total. The standard InChI is InChI=1S/C14H14O4/c1-9-10(2)12(6-8-14(17)18)4-3-11(9)5-7-13(15)16/h3-8H,1-2H3,(H,15,16)(H,17,18)/b7-5+,8-6+. The third-order valence-corrected chi connectivity index (χ3v) is 2.68. The Morgan fingerprint density at radius 3 is 1.50 bits per heavy atom. The molecule has 0 amide bonds. The fourth-order valence-electron chi connectivity index (χ4n) is 1.55. The SMILES string of the molecule is Cc1c(/C=C/C(=O)O)ccc(/C=C/C(=O)O)c1C. The van der Waals surface area contributed by atoms with Crippen molar-refractivity contribution in [2.24, 2.45) is 0 Å². The number of carboxylic acids is 2. The van der Waals surface area contributed by atoms with Crippen molar-refractivity contribution >= 4 is 24.1 Å². The van der Waals surface area contributed by atoms with E-state index < -0.39 is 11.9 Å². The van der Waals surface area contributed by atoms with Crippen LogP contribution in [-0.2, 0) is 9.59 Å². The number of hydrogen-bond acceptors (Lipinski definition) is 2. The molecule has 0 aliphatic heterocycles. The molecule has 0 unspecified atom stereocenters. The summed E-state index contributed by atoms with van der Waals surface area (Å²) in [5.74, 6) is -2.00. The third-order valence-electron chi connectivity index (χ3n) is 2.68. The van der Waals surface area contributed by atoms with E-state index in [9.17, 15) is 9.59 Å². The molecule has 0 saturated carbocycles. The maximum atomic E-state index is 10.5. The van der Waals surface area contributed by atoms with Gasteiger partial charge in [-0.25, -0.2) is 9.59 Å². The second-order valence-corrected chi connectivity index (χ2v) is 3.84. The average molecular weight is 246 g/mol. The van der Waals surface area contributed by atoms with Gasteiger partial charge in [0, 0.05) is 12.2 Å². The van der Waals surface area contributed by atoms with Crippen LogP contribution in [0.5, 0.6) is 0 Å². The summed E-state index contributed by atoms with van der Waals surface area (Å²) in [6.45, 7) is 3.74. The lowest BCUT2D eigenvalue weighted by Crippen LogP contribution is -1.93. The van der Waals surface area contributed by atoms with E-state index in [0.29, 0.717) is 0 Å². The normalized spacial score (nSPS) is 11.2. The summed E-state index contributed by atoms with van der Waals surface area (Å²) in [5.41, 5.74) is 3.48. The molecule has 4 heteroatoms. The van der Waals surface area contributed by atoms with Gasteiger partial charge in [0.1, 0.15) is 0 Å². The van der Waals surface area contributed by atoms with Crippen molar-refractivity contribution in [1.82, 2.24) is 0 Å². The van der Waals surface area contributed by atoms with E-state index in [1.807, 2.05) is 13.8 Å². The Balaban J connectivity index is 3.13. The molecular formula is C14H14O4. The first kappa shape index (κ1) is 13.7. The third kappa shape index (κ3) is 3.59. The number of aliphatic carboxylic acids is 2. The van der Waals surface area contributed by atoms with Gasteiger partial charge in [0.15, 0.2) is 0 Å². The molecule has 0 aromatic heterocycles. The summed E-state index contributed by atoms with van der Waals surface area (Å²) < 4.78 is 0. The van der Waals surface area contributed by atoms with Gasteiger partial charge in [0.2, 0.25) is 0 Å². The van der Waals surface area contributed by atoms with Crippen LogP contribution in [0.4, 0.5) is 0 Å². The van der Waals surface area contributed by atoms with E-state index in [-0.39, 0.29) is 0 Å². The monoisotopic (exact) mass is 246 g/mol. The van der Waals surface area contributed by atoms with Crippen LogP contribution < -0.4 is 0 Å². The molecule has 0 spiro atoms. The topological polar surface area (TPSA) is 74.6 Å². The van der Waals surface area contributed by atoms with Crippen molar-refractivity contribution in [3.8, 4) is 0 Å². The summed E-state index contributed by atoms with van der Waals surface area (Å²) in [5, 5.41) is 17.1. The Morgan fingerprint density at radius 2 is 1.22 bits per heavy atom. The van der Waals surface area contributed by atoms with Crippen LogP contribution in [0.3, 0.4) is 0 Å². The molecule has 2 N–H and O–H groups in total. The lowest BCUT2D eigenvalue weighted by Gasteiger charge is -2.08. The molecule has 0 aliphatic rings. The summed E-state index contributed by atoms with van der Waals surface area (Å²) >= 11 is 0. The highest BCUT2D eigenvalue weighted by Crippen LogP contribution is 2.20. The molecule has 0 fully saturated rings. The van der Waals surface area contributed by atoms with Gasteiger partial charge in [-0.3, -0.25) is 0 Å². The zero-order valence-electron chi connectivity index (χ0n) is 10.2. The van der Waals surface area contributed by atoms with Gasteiger partial charge in [0.05, 0.1) is 0 Å². The van der Waals surface area contributed by atoms with Gasteiger partial charge in [-0.2, -0.15) is 0 Å². The van der Waals surface area contributed by atoms with Crippen LogP contribution in [0.2, 0.25) is 0 Å². The highest BCUT2D eigenvalue weighted by atomic mass is 16.4. The van der Waals surface area contributed by atoms with Crippen molar-refractivity contribution < 1.29 is 19.8 Å². The predicted molar refractivity (Wildman–Crippen MR) is 69.3 cm³/mol. The fraction of sp³-hybridized carbons (Fsp3) is 0.143. The van der Waals surface area contributed by atoms with Gasteiger partial charge >= 0.3 is 11.9 Å². The summed E-state index contributed by atoms with van der Waals surface area (Å²) in [6.07, 6.45) is 5.20. The molecule has 18 heavy (non-hydrogen) atoms. The first-order chi connectivity index (χ1) is 8.41. The molecule has 0 radical (unpaired) electrons. The minimum absolute atomic E-state index is 0.808. The Labute approximate surface area is 105 Å². The number of rotatable bonds is 4. The molecule has 0 saturated heterocycles. The van der Waals surface area contributed by atoms with Gasteiger partial charge in [-0.15, -0.1) is 0 Å². The highest BCUT2D eigenvalue weighted by Gasteiger charge is 2.03. The maximum Gasteiger partial charge on any atom is 0.328 e. The molecule has 94 valence electrons. The second-order valence-electron chi connectivity index (χ2n) is 3.84. The summed E-state index contributed by atoms with van der Waals surface area (Å²) in [7, 11) is 0. The van der Waals surface area contributed by atoms with Crippen molar-refractivity contribution in [3.63, 3.8) is 0 Å². The van der Waals surface area contributed by atoms with Gasteiger partial charge in [0.25, 0.3) is 0 Å². The molecule has 0 bridgehead atoms. The van der Waals surface area contributed by atoms with Gasteiger partial charge in [-0.05, 0) is 48.3 Å². The van der Waals surface area contributed by atoms with Gasteiger partial charge < -0.3 is 10.2 Å². The second kappa shape index (κ2) is 5.82. The Hall–Kier alpha value is -2.36. The molecule has 1 rings (SSSR count). The molecule has 0 aliphatic carbocycles. The first-order valence-electron chi connectivity index (χ1n) is 5.34. The van der Waals surface area contributed by atoms with E-state index in [1.54, 1.807) is 12.1 Å². The summed E-state index contributed by atoms with van der Waals surface area (Å²) in [4.78, 5) is 20.9. The zero-order chi connectivity index (χ0) is 13.7. The maximum absolute atomic E-state index is 10.5. The van der Waals surface area contributed by atoms with E-state index in [1.165, 1.54) is 12.2 Å². The molecule has 0 atom stereocenters. The molecule has 1 aromatic rings. The number of carbonyl (C=O) groups is 2. The Bertz CT molecular complexity index is 490. The van der Waals surface area contributed by atoms with Crippen molar-refractivity contribution in [2.75, 3.05) is 0 Å². The highest BCUT2D eigenvalue weighted by molar-refractivity contribution is 5.87. The minimum Gasteiger partial charge on any atom is -0.478 e. The van der Waals surface area contributed by atoms with E-state index in [0.717, 1.165) is 34.4 Å². The number of hydrogen-bond donors (Lipinski definition) is 2. The molecule has 1 aromatic carbocycles. The number of benzene rings is 1. The van der Waals surface area contributed by atoms with Crippen molar-refractivity contribution in [3.05, 3.63) is 46.5 Å².